The monoisotopic (exact) mass is 238 g/mol. The third-order valence-corrected chi connectivity index (χ3v) is 2.78. The molecule has 0 bridgehead atoms. The summed E-state index contributed by atoms with van der Waals surface area (Å²) in [6.45, 7) is 0. The van der Waals surface area contributed by atoms with Crippen LogP contribution >= 0.6 is 11.8 Å². The quantitative estimate of drug-likeness (QED) is 0.349. The molecule has 0 saturated heterocycles. The summed E-state index contributed by atoms with van der Waals surface area (Å²) in [5.41, 5.74) is 6.22. The van der Waals surface area contributed by atoms with E-state index in [0.29, 0.717) is 0 Å². The van der Waals surface area contributed by atoms with Crippen LogP contribution in [-0.4, -0.2) is 23.9 Å². The summed E-state index contributed by atoms with van der Waals surface area (Å²) in [5.74, 6) is 5.13. The van der Waals surface area contributed by atoms with Crippen LogP contribution in [0, 0.1) is 0 Å². The van der Waals surface area contributed by atoms with Crippen LogP contribution in [0.15, 0.2) is 35.4 Å². The lowest BCUT2D eigenvalue weighted by molar-refractivity contribution is -0.115. The van der Waals surface area contributed by atoms with Crippen molar-refractivity contribution in [3.8, 4) is 0 Å². The molecule has 0 aliphatic heterocycles. The van der Waals surface area contributed by atoms with E-state index in [9.17, 15) is 4.79 Å². The van der Waals surface area contributed by atoms with Gasteiger partial charge in [-0.05, 0) is 12.1 Å². The summed E-state index contributed by atoms with van der Waals surface area (Å²) in [6.07, 6.45) is 0. The van der Waals surface area contributed by atoms with Gasteiger partial charge in [-0.15, -0.1) is 0 Å². The Morgan fingerprint density at radius 3 is 2.62 bits per heavy atom. The second-order valence-corrected chi connectivity index (χ2v) is 4.04. The number of hydrogen-bond donors (Lipinski definition) is 2. The number of nitrogens with two attached hydrogens (primary N) is 2. The van der Waals surface area contributed by atoms with Crippen molar-refractivity contribution in [2.75, 3.05) is 17.7 Å². The molecule has 0 unspecified atom stereocenters. The molecule has 5 nitrogen and oxygen atoms in total. The first-order chi connectivity index (χ1) is 7.65. The number of anilines is 1. The van der Waals surface area contributed by atoms with Crippen LogP contribution < -0.4 is 16.5 Å². The van der Waals surface area contributed by atoms with Crippen LogP contribution in [0.4, 0.5) is 5.69 Å². The van der Waals surface area contributed by atoms with Gasteiger partial charge < -0.3 is 16.5 Å². The zero-order valence-corrected chi connectivity index (χ0v) is 9.78. The number of carbonyl (C=O) groups is 1. The molecular formula is C10H14N4OS. The smallest absolute Gasteiger partial charge is 0.237 e. The van der Waals surface area contributed by atoms with Crippen molar-refractivity contribution in [1.29, 1.82) is 0 Å². The summed E-state index contributed by atoms with van der Waals surface area (Å²) in [5, 5.41) is 3.48. The molecule has 0 heterocycles. The fourth-order valence-corrected chi connectivity index (χ4v) is 1.60. The van der Waals surface area contributed by atoms with Crippen LogP contribution in [0.2, 0.25) is 0 Å². The van der Waals surface area contributed by atoms with Crippen molar-refractivity contribution in [1.82, 2.24) is 0 Å². The predicted octanol–water partition coefficient (Wildman–Crippen LogP) is 0.571. The van der Waals surface area contributed by atoms with E-state index in [0.717, 1.165) is 17.4 Å². The van der Waals surface area contributed by atoms with Crippen LogP contribution in [0.1, 0.15) is 0 Å². The first kappa shape index (κ1) is 12.4. The van der Waals surface area contributed by atoms with Crippen LogP contribution in [0.3, 0.4) is 0 Å². The largest absolute Gasteiger partial charge is 0.377 e. The maximum absolute atomic E-state index is 11.7. The third kappa shape index (κ3) is 3.47. The van der Waals surface area contributed by atoms with Crippen LogP contribution in [0.5, 0.6) is 0 Å². The molecule has 0 spiro atoms. The molecule has 86 valence electrons. The topological polar surface area (TPSA) is 84.7 Å². The van der Waals surface area contributed by atoms with Gasteiger partial charge >= 0.3 is 0 Å². The van der Waals surface area contributed by atoms with Gasteiger partial charge in [0.15, 0.2) is 5.17 Å². The molecule has 0 radical (unpaired) electrons. The van der Waals surface area contributed by atoms with E-state index in [4.69, 9.17) is 11.6 Å². The van der Waals surface area contributed by atoms with E-state index in [1.54, 1.807) is 11.9 Å². The lowest BCUT2D eigenvalue weighted by Crippen LogP contribution is -2.29. The van der Waals surface area contributed by atoms with E-state index in [1.165, 1.54) is 0 Å². The van der Waals surface area contributed by atoms with Crippen molar-refractivity contribution in [2.45, 2.75) is 0 Å². The van der Waals surface area contributed by atoms with Gasteiger partial charge in [-0.2, -0.15) is 5.10 Å². The molecule has 6 heteroatoms. The van der Waals surface area contributed by atoms with E-state index < -0.39 is 0 Å². The highest BCUT2D eigenvalue weighted by Crippen LogP contribution is 2.12. The lowest BCUT2D eigenvalue weighted by Gasteiger charge is -2.16. The molecule has 0 aromatic heterocycles. The molecule has 0 aliphatic rings. The Morgan fingerprint density at radius 2 is 2.06 bits per heavy atom. The van der Waals surface area contributed by atoms with Gasteiger partial charge in [-0.3, -0.25) is 4.79 Å². The number of rotatable bonds is 3. The molecule has 1 aromatic carbocycles. The van der Waals surface area contributed by atoms with Crippen molar-refractivity contribution in [2.24, 2.45) is 16.7 Å². The van der Waals surface area contributed by atoms with Gasteiger partial charge in [-0.1, -0.05) is 30.0 Å². The normalized spacial score (nSPS) is 11.2. The Kier molecular flexibility index (Phi) is 4.65. The van der Waals surface area contributed by atoms with Crippen molar-refractivity contribution in [3.05, 3.63) is 30.3 Å². The number of para-hydroxylation sites is 1. The van der Waals surface area contributed by atoms with Crippen LogP contribution in [-0.2, 0) is 4.79 Å². The Balaban J connectivity index is 2.55. The number of hydrazone groups is 1. The Morgan fingerprint density at radius 1 is 1.44 bits per heavy atom. The number of benzene rings is 1. The van der Waals surface area contributed by atoms with E-state index >= 15 is 0 Å². The van der Waals surface area contributed by atoms with Gasteiger partial charge in [0.2, 0.25) is 5.91 Å². The van der Waals surface area contributed by atoms with E-state index in [1.807, 2.05) is 30.3 Å². The number of nitrogens with zero attached hydrogens (tertiary/aromatic N) is 2. The zero-order chi connectivity index (χ0) is 12.0. The minimum absolute atomic E-state index is 0.0530. The second-order valence-electron chi connectivity index (χ2n) is 3.04. The van der Waals surface area contributed by atoms with Gasteiger partial charge in [0.25, 0.3) is 0 Å². The van der Waals surface area contributed by atoms with Gasteiger partial charge in [0.1, 0.15) is 0 Å². The first-order valence-electron chi connectivity index (χ1n) is 4.63. The molecule has 0 fully saturated rings. The Bertz CT molecular complexity index is 380. The number of amides is 1. The first-order valence-corrected chi connectivity index (χ1v) is 5.61. The molecule has 0 saturated carbocycles. The number of amidine groups is 1. The highest BCUT2D eigenvalue weighted by Gasteiger charge is 2.11. The standard InChI is InChI=1S/C10H14N4OS/c1-14(8-5-3-2-4-6-8)9(15)7-16-10(11)13-12/h2-6H,7,12H2,1H3,(H2,11,13). The fourth-order valence-electron chi connectivity index (χ4n) is 1.07. The molecule has 16 heavy (non-hydrogen) atoms. The summed E-state index contributed by atoms with van der Waals surface area (Å²) in [7, 11) is 1.72. The Hall–Kier alpha value is -1.69. The average Bonchev–Trinajstić information content (AvgIpc) is 2.35. The van der Waals surface area contributed by atoms with Gasteiger partial charge in [-0.25, -0.2) is 0 Å². The number of thioether (sulfide) groups is 1. The van der Waals surface area contributed by atoms with E-state index in [-0.39, 0.29) is 16.8 Å². The fraction of sp³-hybridized carbons (Fsp3) is 0.200. The van der Waals surface area contributed by atoms with Crippen molar-refractivity contribution < 1.29 is 4.79 Å². The predicted molar refractivity (Wildman–Crippen MR) is 68.1 cm³/mol. The minimum Gasteiger partial charge on any atom is -0.377 e. The van der Waals surface area contributed by atoms with Gasteiger partial charge in [0, 0.05) is 12.7 Å². The SMILES string of the molecule is CN(C(=O)CSC(N)=NN)c1ccccc1. The molecular weight excluding hydrogens is 224 g/mol. The maximum atomic E-state index is 11.7. The summed E-state index contributed by atoms with van der Waals surface area (Å²) >= 11 is 1.12. The molecule has 0 atom stereocenters. The average molecular weight is 238 g/mol. The molecule has 4 N–H and O–H groups in total. The molecule has 1 aromatic rings. The summed E-state index contributed by atoms with van der Waals surface area (Å²) in [6, 6.07) is 9.38. The second kappa shape index (κ2) is 6.02. The number of hydrogen-bond acceptors (Lipinski definition) is 4. The van der Waals surface area contributed by atoms with Crippen LogP contribution in [0.25, 0.3) is 0 Å². The zero-order valence-electron chi connectivity index (χ0n) is 8.96. The molecule has 0 aliphatic carbocycles. The highest BCUT2D eigenvalue weighted by atomic mass is 32.2. The molecule has 1 rings (SSSR count). The minimum atomic E-state index is -0.0530. The van der Waals surface area contributed by atoms with Gasteiger partial charge in [0.05, 0.1) is 5.75 Å². The van der Waals surface area contributed by atoms with Crippen molar-refractivity contribution in [3.63, 3.8) is 0 Å². The lowest BCUT2D eigenvalue weighted by atomic mass is 10.3. The maximum Gasteiger partial charge on any atom is 0.237 e. The molecule has 1 amide bonds. The van der Waals surface area contributed by atoms with E-state index in [2.05, 4.69) is 5.10 Å². The Labute approximate surface area is 98.5 Å². The number of carbonyl (C=O) groups excluding carboxylic acids is 1. The summed E-state index contributed by atoms with van der Waals surface area (Å²) in [4.78, 5) is 13.3. The van der Waals surface area contributed by atoms with Crippen molar-refractivity contribution >= 4 is 28.5 Å². The third-order valence-electron chi connectivity index (χ3n) is 1.99. The highest BCUT2D eigenvalue weighted by molar-refractivity contribution is 8.14. The summed E-state index contributed by atoms with van der Waals surface area (Å²) < 4.78 is 0.